The zero-order valence-electron chi connectivity index (χ0n) is 11.0. The molecule has 0 amide bonds. The Kier molecular flexibility index (Phi) is 4.25. The van der Waals surface area contributed by atoms with Gasteiger partial charge in [0.15, 0.2) is 0 Å². The summed E-state index contributed by atoms with van der Waals surface area (Å²) in [6, 6.07) is 3.25. The van der Waals surface area contributed by atoms with Crippen molar-refractivity contribution in [2.75, 3.05) is 0 Å². The Morgan fingerprint density at radius 3 is 2.26 bits per heavy atom. The monoisotopic (exact) mass is 275 g/mol. The maximum Gasteiger partial charge on any atom is 0.416 e. The van der Waals surface area contributed by atoms with Crippen LogP contribution in [0.15, 0.2) is 18.2 Å². The molecule has 0 aliphatic carbocycles. The molecule has 3 nitrogen and oxygen atoms in total. The van der Waals surface area contributed by atoms with Crippen LogP contribution in [-0.2, 0) is 17.5 Å². The van der Waals surface area contributed by atoms with Crippen LogP contribution in [0.2, 0.25) is 0 Å². The van der Waals surface area contributed by atoms with Crippen molar-refractivity contribution < 1.29 is 22.7 Å². The quantitative estimate of drug-likeness (QED) is 0.844. The Balaban J connectivity index is 3.16. The van der Waals surface area contributed by atoms with Gasteiger partial charge in [-0.05, 0) is 38.5 Å². The fourth-order valence-corrected chi connectivity index (χ4v) is 1.48. The molecule has 19 heavy (non-hydrogen) atoms. The first-order valence-corrected chi connectivity index (χ1v) is 5.68. The van der Waals surface area contributed by atoms with Gasteiger partial charge in [-0.15, -0.1) is 0 Å². The number of carbonyl (C=O) groups is 1. The van der Waals surface area contributed by atoms with Crippen LogP contribution in [0.4, 0.5) is 13.2 Å². The van der Waals surface area contributed by atoms with Crippen molar-refractivity contribution in [3.63, 3.8) is 0 Å². The van der Waals surface area contributed by atoms with E-state index in [9.17, 15) is 18.0 Å². The lowest BCUT2D eigenvalue weighted by Crippen LogP contribution is -2.24. The second-order valence-electron chi connectivity index (χ2n) is 5.08. The second kappa shape index (κ2) is 5.21. The summed E-state index contributed by atoms with van der Waals surface area (Å²) in [7, 11) is 0. The van der Waals surface area contributed by atoms with Crippen molar-refractivity contribution in [3.05, 3.63) is 34.9 Å². The Morgan fingerprint density at radius 1 is 1.26 bits per heavy atom. The first kappa shape index (κ1) is 15.5. The molecule has 0 atom stereocenters. The maximum absolute atomic E-state index is 12.8. The molecule has 0 aromatic heterocycles. The van der Waals surface area contributed by atoms with E-state index >= 15 is 0 Å². The molecule has 0 radical (unpaired) electrons. The van der Waals surface area contributed by atoms with E-state index in [0.717, 1.165) is 6.07 Å². The molecule has 6 heteroatoms. The number of rotatable bonds is 2. The van der Waals surface area contributed by atoms with Gasteiger partial charge < -0.3 is 10.5 Å². The van der Waals surface area contributed by atoms with Crippen molar-refractivity contribution in [1.29, 1.82) is 0 Å². The van der Waals surface area contributed by atoms with Crippen LogP contribution >= 0.6 is 0 Å². The van der Waals surface area contributed by atoms with Crippen molar-refractivity contribution in [2.45, 2.75) is 39.1 Å². The molecule has 0 bridgehead atoms. The third-order valence-electron chi connectivity index (χ3n) is 2.27. The van der Waals surface area contributed by atoms with Crippen LogP contribution in [-0.4, -0.2) is 11.6 Å². The molecule has 0 aliphatic rings. The number of benzene rings is 1. The molecule has 2 N–H and O–H groups in total. The Morgan fingerprint density at radius 2 is 1.84 bits per heavy atom. The average molecular weight is 275 g/mol. The predicted molar refractivity (Wildman–Crippen MR) is 64.5 cm³/mol. The van der Waals surface area contributed by atoms with Crippen LogP contribution in [0, 0.1) is 0 Å². The van der Waals surface area contributed by atoms with Crippen LogP contribution in [0.25, 0.3) is 0 Å². The Labute approximate surface area is 109 Å². The minimum Gasteiger partial charge on any atom is -0.456 e. The summed E-state index contributed by atoms with van der Waals surface area (Å²) in [6.45, 7) is 4.68. The maximum atomic E-state index is 12.8. The standard InChI is InChI=1S/C13H16F3NO2/c1-12(2,3)19-11(18)8-4-5-9(7-17)10(6-8)13(14,15)16/h4-6H,7,17H2,1-3H3. The lowest BCUT2D eigenvalue weighted by Gasteiger charge is -2.20. The summed E-state index contributed by atoms with van der Waals surface area (Å²) in [5.74, 6) is -0.790. The first-order chi connectivity index (χ1) is 8.54. The SMILES string of the molecule is CC(C)(C)OC(=O)c1ccc(CN)c(C(F)(F)F)c1. The molecule has 1 aromatic rings. The summed E-state index contributed by atoms with van der Waals surface area (Å²) in [6.07, 6.45) is -4.55. The third-order valence-corrected chi connectivity index (χ3v) is 2.27. The highest BCUT2D eigenvalue weighted by molar-refractivity contribution is 5.90. The predicted octanol–water partition coefficient (Wildman–Crippen LogP) is 3.12. The average Bonchev–Trinajstić information content (AvgIpc) is 2.24. The summed E-state index contributed by atoms with van der Waals surface area (Å²) >= 11 is 0. The zero-order chi connectivity index (χ0) is 14.8. The number of esters is 1. The van der Waals surface area contributed by atoms with E-state index < -0.39 is 23.3 Å². The number of carbonyl (C=O) groups excluding carboxylic acids is 1. The lowest BCUT2D eigenvalue weighted by molar-refractivity contribution is -0.138. The summed E-state index contributed by atoms with van der Waals surface area (Å²) in [4.78, 5) is 11.7. The van der Waals surface area contributed by atoms with E-state index in [-0.39, 0.29) is 17.7 Å². The van der Waals surface area contributed by atoms with E-state index in [0.29, 0.717) is 0 Å². The highest BCUT2D eigenvalue weighted by Gasteiger charge is 2.34. The molecular formula is C13H16F3NO2. The van der Waals surface area contributed by atoms with Crippen molar-refractivity contribution in [3.8, 4) is 0 Å². The first-order valence-electron chi connectivity index (χ1n) is 5.68. The van der Waals surface area contributed by atoms with E-state index in [4.69, 9.17) is 10.5 Å². The zero-order valence-corrected chi connectivity index (χ0v) is 11.0. The largest absolute Gasteiger partial charge is 0.456 e. The lowest BCUT2D eigenvalue weighted by atomic mass is 10.0. The minimum absolute atomic E-state index is 0.0557. The number of ether oxygens (including phenoxy) is 1. The number of halogens is 3. The molecule has 0 saturated carbocycles. The molecule has 0 fully saturated rings. The summed E-state index contributed by atoms with van der Waals surface area (Å²) < 4.78 is 43.5. The number of hydrogen-bond donors (Lipinski definition) is 1. The molecule has 0 spiro atoms. The highest BCUT2D eigenvalue weighted by Crippen LogP contribution is 2.32. The van der Waals surface area contributed by atoms with Crippen molar-refractivity contribution >= 4 is 5.97 Å². The van der Waals surface area contributed by atoms with Crippen LogP contribution in [0.1, 0.15) is 42.3 Å². The summed E-state index contributed by atoms with van der Waals surface area (Å²) in [5, 5.41) is 0. The van der Waals surface area contributed by atoms with Gasteiger partial charge in [0.25, 0.3) is 0 Å². The molecule has 0 aliphatic heterocycles. The van der Waals surface area contributed by atoms with E-state index in [2.05, 4.69) is 0 Å². The molecule has 1 aromatic carbocycles. The van der Waals surface area contributed by atoms with Gasteiger partial charge in [-0.1, -0.05) is 6.07 Å². The molecule has 0 unspecified atom stereocenters. The molecular weight excluding hydrogens is 259 g/mol. The Bertz CT molecular complexity index is 476. The van der Waals surface area contributed by atoms with E-state index in [1.807, 2.05) is 0 Å². The van der Waals surface area contributed by atoms with Gasteiger partial charge in [-0.25, -0.2) is 4.79 Å². The van der Waals surface area contributed by atoms with Gasteiger partial charge in [0.1, 0.15) is 5.60 Å². The number of hydrogen-bond acceptors (Lipinski definition) is 3. The van der Waals surface area contributed by atoms with Crippen LogP contribution in [0.3, 0.4) is 0 Å². The fourth-order valence-electron chi connectivity index (χ4n) is 1.48. The van der Waals surface area contributed by atoms with Gasteiger partial charge >= 0.3 is 12.1 Å². The van der Waals surface area contributed by atoms with E-state index in [1.54, 1.807) is 20.8 Å². The third kappa shape index (κ3) is 4.24. The second-order valence-corrected chi connectivity index (χ2v) is 5.08. The van der Waals surface area contributed by atoms with Gasteiger partial charge in [0.05, 0.1) is 11.1 Å². The molecule has 1 rings (SSSR count). The van der Waals surface area contributed by atoms with E-state index in [1.165, 1.54) is 12.1 Å². The summed E-state index contributed by atoms with van der Waals surface area (Å²) in [5.41, 5.74) is 3.40. The molecule has 0 saturated heterocycles. The van der Waals surface area contributed by atoms with Crippen molar-refractivity contribution in [2.24, 2.45) is 5.73 Å². The van der Waals surface area contributed by atoms with Crippen molar-refractivity contribution in [1.82, 2.24) is 0 Å². The minimum atomic E-state index is -4.55. The van der Waals surface area contributed by atoms with Crippen LogP contribution < -0.4 is 5.73 Å². The highest BCUT2D eigenvalue weighted by atomic mass is 19.4. The fraction of sp³-hybridized carbons (Fsp3) is 0.462. The Hall–Kier alpha value is -1.56. The van der Waals surface area contributed by atoms with Gasteiger partial charge in [0.2, 0.25) is 0 Å². The topological polar surface area (TPSA) is 52.3 Å². The van der Waals surface area contributed by atoms with Gasteiger partial charge in [-0.3, -0.25) is 0 Å². The van der Waals surface area contributed by atoms with Crippen LogP contribution in [0.5, 0.6) is 0 Å². The number of alkyl halides is 3. The van der Waals surface area contributed by atoms with Gasteiger partial charge in [0, 0.05) is 6.54 Å². The molecule has 0 heterocycles. The smallest absolute Gasteiger partial charge is 0.416 e. The molecule has 106 valence electrons. The normalized spacial score (nSPS) is 12.4. The van der Waals surface area contributed by atoms with Gasteiger partial charge in [-0.2, -0.15) is 13.2 Å². The number of nitrogens with two attached hydrogens (primary N) is 1.